The molecule has 312 valence electrons. The maximum atomic E-state index is 12.7. The van der Waals surface area contributed by atoms with Crippen LogP contribution in [0.2, 0.25) is 0 Å². The van der Waals surface area contributed by atoms with Gasteiger partial charge in [-0.3, -0.25) is 14.4 Å². The van der Waals surface area contributed by atoms with E-state index in [-0.39, 0.29) is 31.1 Å². The van der Waals surface area contributed by atoms with Crippen molar-refractivity contribution in [3.63, 3.8) is 0 Å². The van der Waals surface area contributed by atoms with Gasteiger partial charge in [0.05, 0.1) is 0 Å². The number of carbonyl (C=O) groups excluding carboxylic acids is 3. The Labute approximate surface area is 329 Å². The fourth-order valence-electron chi connectivity index (χ4n) is 6.72. The van der Waals surface area contributed by atoms with E-state index in [1.807, 2.05) is 0 Å². The number of hydrogen-bond acceptors (Lipinski definition) is 6. The molecule has 6 heteroatoms. The van der Waals surface area contributed by atoms with Gasteiger partial charge in [0.2, 0.25) is 0 Å². The van der Waals surface area contributed by atoms with Crippen LogP contribution in [0.1, 0.15) is 252 Å². The molecule has 0 rings (SSSR count). The Morgan fingerprint density at radius 3 is 1.00 bits per heavy atom. The minimum absolute atomic E-state index is 0.0690. The van der Waals surface area contributed by atoms with Gasteiger partial charge in [0, 0.05) is 19.3 Å². The summed E-state index contributed by atoms with van der Waals surface area (Å²) in [6.45, 7) is 6.59. The Balaban J connectivity index is 4.32. The molecule has 0 saturated carbocycles. The van der Waals surface area contributed by atoms with Crippen LogP contribution in [-0.4, -0.2) is 37.2 Å². The third kappa shape index (κ3) is 41.2. The molecule has 0 aliphatic carbocycles. The summed E-state index contributed by atoms with van der Waals surface area (Å²) in [6.07, 6.45) is 44.7. The zero-order valence-corrected chi connectivity index (χ0v) is 35.6. The fourth-order valence-corrected chi connectivity index (χ4v) is 6.72. The molecule has 0 radical (unpaired) electrons. The van der Waals surface area contributed by atoms with E-state index in [0.29, 0.717) is 19.3 Å². The van der Waals surface area contributed by atoms with Crippen molar-refractivity contribution in [3.8, 4) is 0 Å². The van der Waals surface area contributed by atoms with Crippen LogP contribution in [0, 0.1) is 0 Å². The number of ether oxygens (including phenoxy) is 3. The van der Waals surface area contributed by atoms with Crippen LogP contribution in [0.4, 0.5) is 0 Å². The molecule has 0 spiro atoms. The van der Waals surface area contributed by atoms with Gasteiger partial charge in [0.15, 0.2) is 6.10 Å². The van der Waals surface area contributed by atoms with Gasteiger partial charge in [-0.15, -0.1) is 0 Å². The zero-order chi connectivity index (χ0) is 38.7. The van der Waals surface area contributed by atoms with Crippen LogP contribution < -0.4 is 0 Å². The zero-order valence-electron chi connectivity index (χ0n) is 35.6. The lowest BCUT2D eigenvalue weighted by Crippen LogP contribution is -2.30. The van der Waals surface area contributed by atoms with E-state index in [2.05, 4.69) is 32.9 Å². The fraction of sp³-hybridized carbons (Fsp3) is 0.894. The van der Waals surface area contributed by atoms with E-state index in [9.17, 15) is 14.4 Å². The quantitative estimate of drug-likeness (QED) is 0.0268. The molecule has 53 heavy (non-hydrogen) atoms. The summed E-state index contributed by atoms with van der Waals surface area (Å²) in [5.74, 6) is -0.871. The highest BCUT2D eigenvalue weighted by molar-refractivity contribution is 5.71. The van der Waals surface area contributed by atoms with Gasteiger partial charge in [-0.25, -0.2) is 0 Å². The first-order valence-corrected chi connectivity index (χ1v) is 23.2. The van der Waals surface area contributed by atoms with E-state index in [1.54, 1.807) is 0 Å². The predicted octanol–water partition coefficient (Wildman–Crippen LogP) is 14.6. The molecule has 0 aliphatic heterocycles. The van der Waals surface area contributed by atoms with E-state index in [0.717, 1.165) is 64.2 Å². The van der Waals surface area contributed by atoms with Gasteiger partial charge in [-0.1, -0.05) is 206 Å². The Hall–Kier alpha value is -1.85. The van der Waals surface area contributed by atoms with Crippen LogP contribution in [0.3, 0.4) is 0 Å². The highest BCUT2D eigenvalue weighted by atomic mass is 16.6. The third-order valence-electron chi connectivity index (χ3n) is 10.3. The van der Waals surface area contributed by atoms with Gasteiger partial charge in [0.1, 0.15) is 13.2 Å². The topological polar surface area (TPSA) is 78.9 Å². The van der Waals surface area contributed by atoms with Crippen LogP contribution in [0.5, 0.6) is 0 Å². The van der Waals surface area contributed by atoms with E-state index < -0.39 is 6.10 Å². The molecule has 0 aromatic heterocycles. The number of esters is 3. The van der Waals surface area contributed by atoms with Crippen LogP contribution in [-0.2, 0) is 28.6 Å². The summed E-state index contributed by atoms with van der Waals surface area (Å²) in [4.78, 5) is 37.7. The molecule has 0 saturated heterocycles. The number of carbonyl (C=O) groups is 3. The average Bonchev–Trinajstić information content (AvgIpc) is 3.15. The highest BCUT2D eigenvalue weighted by Gasteiger charge is 2.19. The van der Waals surface area contributed by atoms with Crippen molar-refractivity contribution < 1.29 is 28.6 Å². The lowest BCUT2D eigenvalue weighted by molar-refractivity contribution is -0.167. The van der Waals surface area contributed by atoms with E-state index in [1.165, 1.54) is 148 Å². The van der Waals surface area contributed by atoms with E-state index >= 15 is 0 Å². The van der Waals surface area contributed by atoms with Crippen molar-refractivity contribution in [1.82, 2.24) is 0 Å². The lowest BCUT2D eigenvalue weighted by Gasteiger charge is -2.18. The molecule has 0 aliphatic rings. The second kappa shape index (κ2) is 42.9. The number of allylic oxidation sites excluding steroid dienone is 2. The summed E-state index contributed by atoms with van der Waals surface area (Å²) in [5, 5.41) is 0. The second-order valence-corrected chi connectivity index (χ2v) is 15.7. The molecule has 0 aromatic carbocycles. The predicted molar refractivity (Wildman–Crippen MR) is 224 cm³/mol. The summed E-state index contributed by atoms with van der Waals surface area (Å²) >= 11 is 0. The van der Waals surface area contributed by atoms with Crippen molar-refractivity contribution in [3.05, 3.63) is 12.2 Å². The highest BCUT2D eigenvalue weighted by Crippen LogP contribution is 2.15. The normalized spacial score (nSPS) is 12.0. The standard InChI is InChI=1S/C47H88O6/c1-4-7-10-13-16-19-22-23-24-26-28-31-34-37-40-46(49)52-43-44(42-51-45(48)39-36-33-30-27-21-18-15-12-9-6-3)53-47(50)41-38-35-32-29-25-20-17-14-11-8-5-2/h14,17,44H,4-13,15-16,18-43H2,1-3H3/b17-14-/t44-/m1/s1. The molecule has 0 heterocycles. The van der Waals surface area contributed by atoms with Crippen molar-refractivity contribution in [2.24, 2.45) is 0 Å². The minimum Gasteiger partial charge on any atom is -0.462 e. The monoisotopic (exact) mass is 749 g/mol. The minimum atomic E-state index is -0.765. The molecule has 0 N–H and O–H groups in total. The van der Waals surface area contributed by atoms with Gasteiger partial charge in [-0.05, 0) is 38.5 Å². The molecule has 1 atom stereocenters. The summed E-state index contributed by atoms with van der Waals surface area (Å²) in [6, 6.07) is 0. The first-order chi connectivity index (χ1) is 26.0. The Morgan fingerprint density at radius 1 is 0.358 bits per heavy atom. The summed E-state index contributed by atoms with van der Waals surface area (Å²) in [5.41, 5.74) is 0. The molecule has 0 aromatic rings. The van der Waals surface area contributed by atoms with Crippen LogP contribution >= 0.6 is 0 Å². The molecule has 0 bridgehead atoms. The van der Waals surface area contributed by atoms with Gasteiger partial charge >= 0.3 is 17.9 Å². The van der Waals surface area contributed by atoms with Gasteiger partial charge in [-0.2, -0.15) is 0 Å². The van der Waals surface area contributed by atoms with Gasteiger partial charge < -0.3 is 14.2 Å². The third-order valence-corrected chi connectivity index (χ3v) is 10.3. The SMILES string of the molecule is CCCC/C=C\CCCCCCCC(=O)O[C@H](COC(=O)CCCCCCCCCCCC)COC(=O)CCCCCCCCCCCCCCCC. The molecule has 0 unspecified atom stereocenters. The average molecular weight is 749 g/mol. The Bertz CT molecular complexity index is 824. The largest absolute Gasteiger partial charge is 0.462 e. The molecular formula is C47H88O6. The maximum Gasteiger partial charge on any atom is 0.306 e. The first kappa shape index (κ1) is 51.1. The summed E-state index contributed by atoms with van der Waals surface area (Å²) < 4.78 is 16.7. The number of unbranched alkanes of at least 4 members (excludes halogenated alkanes) is 29. The second-order valence-electron chi connectivity index (χ2n) is 15.7. The Kier molecular flexibility index (Phi) is 41.4. The van der Waals surface area contributed by atoms with Crippen molar-refractivity contribution >= 4 is 17.9 Å². The molecule has 6 nitrogen and oxygen atoms in total. The molecular weight excluding hydrogens is 661 g/mol. The number of hydrogen-bond donors (Lipinski definition) is 0. The van der Waals surface area contributed by atoms with Crippen LogP contribution in [0.25, 0.3) is 0 Å². The van der Waals surface area contributed by atoms with Crippen LogP contribution in [0.15, 0.2) is 12.2 Å². The summed E-state index contributed by atoms with van der Waals surface area (Å²) in [7, 11) is 0. The van der Waals surface area contributed by atoms with Crippen molar-refractivity contribution in [1.29, 1.82) is 0 Å². The smallest absolute Gasteiger partial charge is 0.306 e. The van der Waals surface area contributed by atoms with Crippen molar-refractivity contribution in [2.75, 3.05) is 13.2 Å². The van der Waals surface area contributed by atoms with Gasteiger partial charge in [0.25, 0.3) is 0 Å². The molecule has 0 fully saturated rings. The maximum absolute atomic E-state index is 12.7. The molecule has 0 amide bonds. The Morgan fingerprint density at radius 2 is 0.642 bits per heavy atom. The van der Waals surface area contributed by atoms with Crippen molar-refractivity contribution in [2.45, 2.75) is 258 Å². The first-order valence-electron chi connectivity index (χ1n) is 23.2. The van der Waals surface area contributed by atoms with E-state index in [4.69, 9.17) is 14.2 Å². The lowest BCUT2D eigenvalue weighted by atomic mass is 10.0. The number of rotatable bonds is 42.